The van der Waals surface area contributed by atoms with Crippen molar-refractivity contribution in [2.24, 2.45) is 5.73 Å². The maximum Gasteiger partial charge on any atom is 0.410 e. The molecule has 1 saturated heterocycles. The molecule has 0 aromatic heterocycles. The van der Waals surface area contributed by atoms with E-state index in [0.29, 0.717) is 6.42 Å². The summed E-state index contributed by atoms with van der Waals surface area (Å²) in [6, 6.07) is 9.29. The molecule has 1 aromatic rings. The lowest BCUT2D eigenvalue weighted by Gasteiger charge is -2.27. The number of β-amino-alcohol motifs (C(OH)–C–C–N with tert-alkyl or cyclic N) is 1. The van der Waals surface area contributed by atoms with Gasteiger partial charge in [0.15, 0.2) is 0 Å². The molecule has 1 aliphatic rings. The van der Waals surface area contributed by atoms with Crippen LogP contribution < -0.4 is 5.73 Å². The Morgan fingerprint density at radius 2 is 2.10 bits per heavy atom. The summed E-state index contributed by atoms with van der Waals surface area (Å²) in [5, 5.41) is 9.91. The van der Waals surface area contributed by atoms with Crippen molar-refractivity contribution in [3.05, 3.63) is 35.9 Å². The zero-order valence-corrected chi connectivity index (χ0v) is 11.7. The van der Waals surface area contributed by atoms with E-state index in [4.69, 9.17) is 10.5 Å². The van der Waals surface area contributed by atoms with Crippen LogP contribution in [0.3, 0.4) is 0 Å². The monoisotopic (exact) mass is 278 g/mol. The van der Waals surface area contributed by atoms with Gasteiger partial charge in [-0.05, 0) is 25.3 Å². The van der Waals surface area contributed by atoms with Crippen LogP contribution in [0.15, 0.2) is 30.3 Å². The highest BCUT2D eigenvalue weighted by Gasteiger charge is 2.30. The SMILES string of the molecule is C[C@@H]1CC[C@@H](N)[C@H](O)CN1C(=O)OCc1ccccc1. The number of nitrogens with zero attached hydrogens (tertiary/aromatic N) is 1. The Morgan fingerprint density at radius 1 is 1.40 bits per heavy atom. The van der Waals surface area contributed by atoms with Crippen molar-refractivity contribution in [1.82, 2.24) is 4.90 Å². The summed E-state index contributed by atoms with van der Waals surface area (Å²) in [4.78, 5) is 13.7. The molecule has 0 spiro atoms. The van der Waals surface area contributed by atoms with Gasteiger partial charge in [-0.2, -0.15) is 0 Å². The molecule has 3 atom stereocenters. The summed E-state index contributed by atoms with van der Waals surface area (Å²) in [5.41, 5.74) is 6.78. The van der Waals surface area contributed by atoms with Gasteiger partial charge in [0.05, 0.1) is 12.6 Å². The minimum atomic E-state index is -0.691. The molecule has 1 aromatic carbocycles. The van der Waals surface area contributed by atoms with Crippen LogP contribution in [0.1, 0.15) is 25.3 Å². The number of nitrogens with two attached hydrogens (primary N) is 1. The number of likely N-dealkylation sites (tertiary alicyclic amines) is 1. The molecule has 110 valence electrons. The second-order valence-corrected chi connectivity index (χ2v) is 5.35. The average Bonchev–Trinajstić information content (AvgIpc) is 2.59. The van der Waals surface area contributed by atoms with Gasteiger partial charge in [0.25, 0.3) is 0 Å². The quantitative estimate of drug-likeness (QED) is 0.859. The Kier molecular flexibility index (Phi) is 4.98. The molecule has 0 aliphatic carbocycles. The second kappa shape index (κ2) is 6.72. The van der Waals surface area contributed by atoms with Gasteiger partial charge >= 0.3 is 6.09 Å². The van der Waals surface area contributed by atoms with Crippen LogP contribution in [-0.4, -0.2) is 40.8 Å². The van der Waals surface area contributed by atoms with Gasteiger partial charge in [0, 0.05) is 12.1 Å². The van der Waals surface area contributed by atoms with Gasteiger partial charge < -0.3 is 20.5 Å². The second-order valence-electron chi connectivity index (χ2n) is 5.35. The Balaban J connectivity index is 1.93. The molecule has 1 fully saturated rings. The third-order valence-corrected chi connectivity index (χ3v) is 3.77. The van der Waals surface area contributed by atoms with Crippen molar-refractivity contribution >= 4 is 6.09 Å². The highest BCUT2D eigenvalue weighted by molar-refractivity contribution is 5.68. The lowest BCUT2D eigenvalue weighted by Crippen LogP contribution is -2.45. The molecular formula is C15H22N2O3. The fraction of sp³-hybridized carbons (Fsp3) is 0.533. The Bertz CT molecular complexity index is 438. The van der Waals surface area contributed by atoms with Crippen LogP contribution in [0.4, 0.5) is 4.79 Å². The number of aliphatic hydroxyl groups excluding tert-OH is 1. The maximum atomic E-state index is 12.1. The topological polar surface area (TPSA) is 75.8 Å². The predicted octanol–water partition coefficient (Wildman–Crippen LogP) is 1.50. The molecule has 0 saturated carbocycles. The van der Waals surface area contributed by atoms with Crippen LogP contribution in [0.5, 0.6) is 0 Å². The van der Waals surface area contributed by atoms with Crippen LogP contribution >= 0.6 is 0 Å². The molecule has 0 unspecified atom stereocenters. The first-order chi connectivity index (χ1) is 9.58. The van der Waals surface area contributed by atoms with E-state index in [1.54, 1.807) is 4.90 Å². The highest BCUT2D eigenvalue weighted by atomic mass is 16.6. The number of rotatable bonds is 2. The third-order valence-electron chi connectivity index (χ3n) is 3.77. The van der Waals surface area contributed by atoms with Gasteiger partial charge in [0.1, 0.15) is 6.61 Å². The molecule has 0 radical (unpaired) electrons. The summed E-state index contributed by atoms with van der Waals surface area (Å²) >= 11 is 0. The molecule has 0 bridgehead atoms. The van der Waals surface area contributed by atoms with E-state index in [1.807, 2.05) is 37.3 Å². The fourth-order valence-electron chi connectivity index (χ4n) is 2.36. The molecule has 5 nitrogen and oxygen atoms in total. The minimum Gasteiger partial charge on any atom is -0.445 e. The zero-order chi connectivity index (χ0) is 14.5. The first-order valence-corrected chi connectivity index (χ1v) is 6.99. The summed E-state index contributed by atoms with van der Waals surface area (Å²) < 4.78 is 5.31. The molecule has 1 amide bonds. The summed E-state index contributed by atoms with van der Waals surface area (Å²) in [6.07, 6.45) is 0.405. The molecule has 5 heteroatoms. The maximum absolute atomic E-state index is 12.1. The van der Waals surface area contributed by atoms with E-state index in [-0.39, 0.29) is 25.2 Å². The Hall–Kier alpha value is -1.59. The predicted molar refractivity (Wildman–Crippen MR) is 76.0 cm³/mol. The summed E-state index contributed by atoms with van der Waals surface area (Å²) in [7, 11) is 0. The van der Waals surface area contributed by atoms with Gasteiger partial charge in [-0.3, -0.25) is 0 Å². The van der Waals surface area contributed by atoms with Crippen LogP contribution in [-0.2, 0) is 11.3 Å². The van der Waals surface area contributed by atoms with Gasteiger partial charge in [-0.15, -0.1) is 0 Å². The van der Waals surface area contributed by atoms with Gasteiger partial charge in [-0.25, -0.2) is 4.79 Å². The van der Waals surface area contributed by atoms with E-state index >= 15 is 0 Å². The summed E-state index contributed by atoms with van der Waals surface area (Å²) in [6.45, 7) is 2.43. The van der Waals surface area contributed by atoms with E-state index in [1.165, 1.54) is 0 Å². The first-order valence-electron chi connectivity index (χ1n) is 6.99. The minimum absolute atomic E-state index is 0.0291. The van der Waals surface area contributed by atoms with Gasteiger partial charge in [0.2, 0.25) is 0 Å². The molecule has 1 aliphatic heterocycles. The van der Waals surface area contributed by atoms with Crippen LogP contribution in [0.25, 0.3) is 0 Å². The lowest BCUT2D eigenvalue weighted by atomic mass is 10.1. The Labute approximate surface area is 119 Å². The van der Waals surface area contributed by atoms with Crippen molar-refractivity contribution < 1.29 is 14.6 Å². The molecule has 2 rings (SSSR count). The third kappa shape index (κ3) is 3.71. The van der Waals surface area contributed by atoms with Crippen molar-refractivity contribution in [1.29, 1.82) is 0 Å². The Morgan fingerprint density at radius 3 is 2.80 bits per heavy atom. The van der Waals surface area contributed by atoms with Crippen molar-refractivity contribution in [3.8, 4) is 0 Å². The van der Waals surface area contributed by atoms with Crippen LogP contribution in [0.2, 0.25) is 0 Å². The van der Waals surface area contributed by atoms with Crippen molar-refractivity contribution in [2.45, 2.75) is 44.6 Å². The fourth-order valence-corrected chi connectivity index (χ4v) is 2.36. The average molecular weight is 278 g/mol. The molecule has 1 heterocycles. The number of hydrogen-bond donors (Lipinski definition) is 2. The molecule has 20 heavy (non-hydrogen) atoms. The number of carbonyl (C=O) groups excluding carboxylic acids is 1. The van der Waals surface area contributed by atoms with E-state index in [0.717, 1.165) is 12.0 Å². The number of amides is 1. The normalized spacial score (nSPS) is 26.9. The smallest absolute Gasteiger partial charge is 0.410 e. The van der Waals surface area contributed by atoms with Crippen LogP contribution in [0, 0.1) is 0 Å². The number of carbonyl (C=O) groups is 1. The number of aliphatic hydroxyl groups is 1. The van der Waals surface area contributed by atoms with Crippen molar-refractivity contribution in [2.75, 3.05) is 6.54 Å². The largest absolute Gasteiger partial charge is 0.445 e. The highest BCUT2D eigenvalue weighted by Crippen LogP contribution is 2.17. The summed E-state index contributed by atoms with van der Waals surface area (Å²) in [5.74, 6) is 0. The van der Waals surface area contributed by atoms with Crippen molar-refractivity contribution in [3.63, 3.8) is 0 Å². The zero-order valence-electron chi connectivity index (χ0n) is 11.7. The molecule has 3 N–H and O–H groups in total. The van der Waals surface area contributed by atoms with E-state index in [9.17, 15) is 9.90 Å². The number of benzene rings is 1. The number of ether oxygens (including phenoxy) is 1. The van der Waals surface area contributed by atoms with Gasteiger partial charge in [-0.1, -0.05) is 30.3 Å². The standard InChI is InChI=1S/C15H22N2O3/c1-11-7-8-13(16)14(18)9-17(11)15(19)20-10-12-5-3-2-4-6-12/h2-6,11,13-14,18H,7-10,16H2,1H3/t11-,13-,14-/m1/s1. The van der Waals surface area contributed by atoms with E-state index < -0.39 is 12.2 Å². The lowest BCUT2D eigenvalue weighted by molar-refractivity contribution is 0.0582. The van der Waals surface area contributed by atoms with E-state index in [2.05, 4.69) is 0 Å². The molecular weight excluding hydrogens is 256 g/mol. The first kappa shape index (κ1) is 14.8. The number of hydrogen-bond acceptors (Lipinski definition) is 4.